The minimum absolute atomic E-state index is 0.528. The second-order valence-corrected chi connectivity index (χ2v) is 5.22. The van der Waals surface area contributed by atoms with Crippen molar-refractivity contribution in [3.63, 3.8) is 0 Å². The van der Waals surface area contributed by atoms with Gasteiger partial charge in [-0.2, -0.15) is 0 Å². The van der Waals surface area contributed by atoms with Crippen LogP contribution in [0.3, 0.4) is 0 Å². The van der Waals surface area contributed by atoms with E-state index in [-0.39, 0.29) is 0 Å². The standard InChI is InChI=1S/C12H21NO/c1-9(2)6-12(14)7-10-4-3-5-11(8-12)13-10/h6,10-11,13-14H,3-5,7-8H2,1-2H3. The fourth-order valence-electron chi connectivity index (χ4n) is 3.02. The highest BCUT2D eigenvalue weighted by Gasteiger charge is 2.38. The Kier molecular flexibility index (Phi) is 2.67. The molecule has 0 saturated carbocycles. The Balaban J connectivity index is 2.11. The lowest BCUT2D eigenvalue weighted by molar-refractivity contribution is 0.00877. The third-order valence-corrected chi connectivity index (χ3v) is 3.33. The van der Waals surface area contributed by atoms with Crippen molar-refractivity contribution >= 4 is 0 Å². The van der Waals surface area contributed by atoms with Crippen LogP contribution >= 0.6 is 0 Å². The average Bonchev–Trinajstić information content (AvgIpc) is 1.99. The molecule has 2 atom stereocenters. The van der Waals surface area contributed by atoms with Gasteiger partial charge in [-0.3, -0.25) is 0 Å². The van der Waals surface area contributed by atoms with Crippen molar-refractivity contribution in [2.45, 2.75) is 63.6 Å². The highest BCUT2D eigenvalue weighted by Crippen LogP contribution is 2.34. The Bertz CT molecular complexity index is 231. The van der Waals surface area contributed by atoms with Crippen LogP contribution in [0.25, 0.3) is 0 Å². The molecule has 2 aliphatic heterocycles. The molecule has 80 valence electrons. The average molecular weight is 195 g/mol. The van der Waals surface area contributed by atoms with Crippen molar-refractivity contribution in [1.82, 2.24) is 5.32 Å². The summed E-state index contributed by atoms with van der Waals surface area (Å²) in [5.41, 5.74) is 0.701. The summed E-state index contributed by atoms with van der Waals surface area (Å²) in [6.45, 7) is 4.13. The van der Waals surface area contributed by atoms with Crippen molar-refractivity contribution in [3.05, 3.63) is 11.6 Å². The largest absolute Gasteiger partial charge is 0.386 e. The van der Waals surface area contributed by atoms with Gasteiger partial charge in [0.2, 0.25) is 0 Å². The maximum atomic E-state index is 10.4. The zero-order valence-electron chi connectivity index (χ0n) is 9.21. The Morgan fingerprint density at radius 3 is 2.36 bits per heavy atom. The Morgan fingerprint density at radius 2 is 1.86 bits per heavy atom. The van der Waals surface area contributed by atoms with E-state index in [0.717, 1.165) is 12.8 Å². The van der Waals surface area contributed by atoms with Gasteiger partial charge in [-0.25, -0.2) is 0 Å². The van der Waals surface area contributed by atoms with E-state index in [0.29, 0.717) is 12.1 Å². The summed E-state index contributed by atoms with van der Waals surface area (Å²) in [6.07, 6.45) is 7.64. The lowest BCUT2D eigenvalue weighted by atomic mass is 9.76. The van der Waals surface area contributed by atoms with Gasteiger partial charge in [-0.05, 0) is 39.5 Å². The lowest BCUT2D eigenvalue weighted by Crippen LogP contribution is -2.55. The predicted molar refractivity (Wildman–Crippen MR) is 58.2 cm³/mol. The normalized spacial score (nSPS) is 41.9. The maximum absolute atomic E-state index is 10.4. The van der Waals surface area contributed by atoms with Crippen LogP contribution in [-0.4, -0.2) is 22.8 Å². The van der Waals surface area contributed by atoms with E-state index in [1.165, 1.54) is 24.8 Å². The molecule has 0 amide bonds. The number of hydrogen-bond donors (Lipinski definition) is 2. The van der Waals surface area contributed by atoms with Crippen molar-refractivity contribution < 1.29 is 5.11 Å². The molecule has 0 spiro atoms. The fraction of sp³-hybridized carbons (Fsp3) is 0.833. The molecule has 2 heteroatoms. The molecule has 2 fully saturated rings. The van der Waals surface area contributed by atoms with Gasteiger partial charge in [0.05, 0.1) is 5.60 Å². The molecule has 2 bridgehead atoms. The van der Waals surface area contributed by atoms with E-state index >= 15 is 0 Å². The van der Waals surface area contributed by atoms with Gasteiger partial charge in [-0.1, -0.05) is 18.1 Å². The monoisotopic (exact) mass is 195 g/mol. The van der Waals surface area contributed by atoms with E-state index in [1.807, 2.05) is 0 Å². The number of aliphatic hydroxyl groups is 1. The highest BCUT2D eigenvalue weighted by atomic mass is 16.3. The molecule has 2 N–H and O–H groups in total. The molecule has 0 radical (unpaired) electrons. The number of rotatable bonds is 1. The van der Waals surface area contributed by atoms with Crippen molar-refractivity contribution in [3.8, 4) is 0 Å². The van der Waals surface area contributed by atoms with E-state index in [4.69, 9.17) is 0 Å². The summed E-state index contributed by atoms with van der Waals surface area (Å²) in [4.78, 5) is 0. The van der Waals surface area contributed by atoms with Crippen LogP contribution < -0.4 is 5.32 Å². The van der Waals surface area contributed by atoms with Crippen LogP contribution in [0, 0.1) is 0 Å². The van der Waals surface area contributed by atoms with Gasteiger partial charge in [-0.15, -0.1) is 0 Å². The minimum atomic E-state index is -0.528. The first kappa shape index (κ1) is 10.2. The number of nitrogens with one attached hydrogen (secondary N) is 1. The van der Waals surface area contributed by atoms with Crippen molar-refractivity contribution in [2.75, 3.05) is 0 Å². The van der Waals surface area contributed by atoms with Crippen LogP contribution in [0.2, 0.25) is 0 Å². The van der Waals surface area contributed by atoms with Gasteiger partial charge < -0.3 is 10.4 Å². The van der Waals surface area contributed by atoms with Gasteiger partial charge in [0.15, 0.2) is 0 Å². The Hall–Kier alpha value is -0.340. The first-order valence-corrected chi connectivity index (χ1v) is 5.72. The van der Waals surface area contributed by atoms with Crippen LogP contribution in [0.5, 0.6) is 0 Å². The van der Waals surface area contributed by atoms with Crippen LogP contribution in [0.15, 0.2) is 11.6 Å². The molecule has 2 saturated heterocycles. The maximum Gasteiger partial charge on any atom is 0.0859 e. The summed E-state index contributed by atoms with van der Waals surface area (Å²) in [6, 6.07) is 1.09. The van der Waals surface area contributed by atoms with Gasteiger partial charge in [0, 0.05) is 12.1 Å². The molecular weight excluding hydrogens is 174 g/mol. The fourth-order valence-corrected chi connectivity index (χ4v) is 3.02. The van der Waals surface area contributed by atoms with E-state index < -0.39 is 5.60 Å². The Labute approximate surface area is 86.4 Å². The first-order chi connectivity index (χ1) is 6.57. The molecule has 2 rings (SSSR count). The smallest absolute Gasteiger partial charge is 0.0859 e. The molecule has 0 aromatic heterocycles. The summed E-state index contributed by atoms with van der Waals surface area (Å²) in [5.74, 6) is 0. The van der Waals surface area contributed by atoms with Gasteiger partial charge in [0.25, 0.3) is 0 Å². The number of hydrogen-bond acceptors (Lipinski definition) is 2. The molecular formula is C12H21NO. The number of fused-ring (bicyclic) bond motifs is 2. The molecule has 14 heavy (non-hydrogen) atoms. The molecule has 0 aromatic rings. The van der Waals surface area contributed by atoms with Crippen LogP contribution in [0.4, 0.5) is 0 Å². The SMILES string of the molecule is CC(C)=CC1(O)CC2CCCC(C1)N2. The van der Waals surface area contributed by atoms with E-state index in [1.54, 1.807) is 0 Å². The minimum Gasteiger partial charge on any atom is -0.386 e. The quantitative estimate of drug-likeness (QED) is 0.627. The topological polar surface area (TPSA) is 32.3 Å². The van der Waals surface area contributed by atoms with Gasteiger partial charge in [0.1, 0.15) is 0 Å². The zero-order valence-corrected chi connectivity index (χ0v) is 9.21. The second kappa shape index (κ2) is 3.67. The highest BCUT2D eigenvalue weighted by molar-refractivity contribution is 5.12. The van der Waals surface area contributed by atoms with E-state index in [2.05, 4.69) is 25.2 Å². The molecule has 2 nitrogen and oxygen atoms in total. The zero-order chi connectivity index (χ0) is 10.2. The third-order valence-electron chi connectivity index (χ3n) is 3.33. The summed E-state index contributed by atoms with van der Waals surface area (Å²) in [7, 11) is 0. The van der Waals surface area contributed by atoms with Crippen LogP contribution in [0.1, 0.15) is 46.0 Å². The molecule has 0 aromatic carbocycles. The predicted octanol–water partition coefficient (Wildman–Crippen LogP) is 1.99. The van der Waals surface area contributed by atoms with Crippen molar-refractivity contribution in [2.24, 2.45) is 0 Å². The van der Waals surface area contributed by atoms with Crippen molar-refractivity contribution in [1.29, 1.82) is 0 Å². The first-order valence-electron chi connectivity index (χ1n) is 5.72. The third kappa shape index (κ3) is 2.18. The molecule has 2 unspecified atom stereocenters. The van der Waals surface area contributed by atoms with E-state index in [9.17, 15) is 5.11 Å². The summed E-state index contributed by atoms with van der Waals surface area (Å²) >= 11 is 0. The Morgan fingerprint density at radius 1 is 1.29 bits per heavy atom. The molecule has 0 aliphatic carbocycles. The lowest BCUT2D eigenvalue weighted by Gasteiger charge is -2.44. The summed E-state index contributed by atoms with van der Waals surface area (Å²) in [5, 5.41) is 14.0. The van der Waals surface area contributed by atoms with Gasteiger partial charge >= 0.3 is 0 Å². The number of allylic oxidation sites excluding steroid dienone is 1. The molecule has 2 aliphatic rings. The molecule has 2 heterocycles. The number of piperidine rings is 2. The van der Waals surface area contributed by atoms with Crippen LogP contribution in [-0.2, 0) is 0 Å². The summed E-state index contributed by atoms with van der Waals surface area (Å²) < 4.78 is 0. The second-order valence-electron chi connectivity index (χ2n) is 5.22.